The SMILES string of the molecule is OC[C@H]1O[C@H](O)[C@H](Oc2cc(O)cc(O)c2)[C@@H](O)[C@H]1O. The Kier molecular flexibility index (Phi) is 4.31. The summed E-state index contributed by atoms with van der Waals surface area (Å²) in [6.45, 7) is -0.574. The van der Waals surface area contributed by atoms with Crippen LogP contribution in [0.25, 0.3) is 0 Å². The van der Waals surface area contributed by atoms with E-state index in [1.54, 1.807) is 0 Å². The predicted octanol–water partition coefficient (Wildman–Crippen LogP) is -1.72. The van der Waals surface area contributed by atoms with Crippen molar-refractivity contribution in [3.8, 4) is 17.2 Å². The van der Waals surface area contributed by atoms with Gasteiger partial charge >= 0.3 is 0 Å². The van der Waals surface area contributed by atoms with E-state index in [1.807, 2.05) is 0 Å². The van der Waals surface area contributed by atoms with Gasteiger partial charge in [-0.1, -0.05) is 0 Å². The maximum atomic E-state index is 9.86. The number of aliphatic hydroxyl groups is 4. The largest absolute Gasteiger partial charge is 0.508 e. The highest BCUT2D eigenvalue weighted by molar-refractivity contribution is 5.40. The van der Waals surface area contributed by atoms with Crippen molar-refractivity contribution < 1.29 is 40.1 Å². The summed E-state index contributed by atoms with van der Waals surface area (Å²) >= 11 is 0. The Bertz CT molecular complexity index is 445. The summed E-state index contributed by atoms with van der Waals surface area (Å²) in [5.74, 6) is -0.562. The normalized spacial score (nSPS) is 33.9. The van der Waals surface area contributed by atoms with E-state index in [2.05, 4.69) is 0 Å². The van der Waals surface area contributed by atoms with Crippen LogP contribution in [0.4, 0.5) is 0 Å². The first-order valence-corrected chi connectivity index (χ1v) is 5.92. The molecule has 0 aromatic heterocycles. The molecule has 1 aromatic rings. The topological polar surface area (TPSA) is 140 Å². The lowest BCUT2D eigenvalue weighted by atomic mass is 9.99. The molecule has 1 saturated heterocycles. The van der Waals surface area contributed by atoms with Crippen LogP contribution in [0.3, 0.4) is 0 Å². The minimum Gasteiger partial charge on any atom is -0.508 e. The van der Waals surface area contributed by atoms with Gasteiger partial charge in [0.05, 0.1) is 6.61 Å². The number of phenolic OH excluding ortho intramolecular Hbond substituents is 2. The van der Waals surface area contributed by atoms with Crippen LogP contribution in [0.2, 0.25) is 0 Å². The van der Waals surface area contributed by atoms with Crippen molar-refractivity contribution in [2.75, 3.05) is 6.61 Å². The molecule has 0 spiro atoms. The zero-order valence-electron chi connectivity index (χ0n) is 10.3. The molecule has 8 heteroatoms. The lowest BCUT2D eigenvalue weighted by Gasteiger charge is -2.39. The molecule has 1 aliphatic heterocycles. The van der Waals surface area contributed by atoms with Gasteiger partial charge in [0.1, 0.15) is 35.6 Å². The van der Waals surface area contributed by atoms with E-state index >= 15 is 0 Å². The van der Waals surface area contributed by atoms with Crippen molar-refractivity contribution >= 4 is 0 Å². The van der Waals surface area contributed by atoms with E-state index in [-0.39, 0.29) is 17.2 Å². The quantitative estimate of drug-likeness (QED) is 0.386. The molecule has 0 bridgehead atoms. The molecule has 20 heavy (non-hydrogen) atoms. The molecule has 0 unspecified atom stereocenters. The summed E-state index contributed by atoms with van der Waals surface area (Å²) in [6.07, 6.45) is -7.01. The first kappa shape index (κ1) is 14.8. The smallest absolute Gasteiger partial charge is 0.195 e. The summed E-state index contributed by atoms with van der Waals surface area (Å²) in [5.41, 5.74) is 0. The molecule has 8 nitrogen and oxygen atoms in total. The van der Waals surface area contributed by atoms with Crippen molar-refractivity contribution in [1.82, 2.24) is 0 Å². The van der Waals surface area contributed by atoms with Crippen LogP contribution in [-0.2, 0) is 4.74 Å². The number of phenols is 2. The zero-order valence-corrected chi connectivity index (χ0v) is 10.3. The van der Waals surface area contributed by atoms with E-state index in [0.29, 0.717) is 0 Å². The zero-order chi connectivity index (χ0) is 14.9. The average Bonchev–Trinajstić information content (AvgIpc) is 2.38. The minimum atomic E-state index is -1.59. The van der Waals surface area contributed by atoms with Crippen LogP contribution in [0.1, 0.15) is 0 Å². The molecule has 5 atom stereocenters. The summed E-state index contributed by atoms with van der Waals surface area (Å²) in [5, 5.41) is 56.8. The maximum Gasteiger partial charge on any atom is 0.195 e. The lowest BCUT2D eigenvalue weighted by Crippen LogP contribution is -2.60. The van der Waals surface area contributed by atoms with E-state index in [0.717, 1.165) is 18.2 Å². The second-order valence-corrected chi connectivity index (χ2v) is 4.50. The molecule has 2 rings (SSSR count). The Morgan fingerprint density at radius 3 is 2.15 bits per heavy atom. The molecule has 0 aliphatic carbocycles. The van der Waals surface area contributed by atoms with E-state index in [1.165, 1.54) is 0 Å². The predicted molar refractivity (Wildman–Crippen MR) is 64.2 cm³/mol. The van der Waals surface area contributed by atoms with Gasteiger partial charge in [-0.2, -0.15) is 0 Å². The Balaban J connectivity index is 2.15. The molecule has 0 amide bonds. The van der Waals surface area contributed by atoms with Gasteiger partial charge in [-0.05, 0) is 0 Å². The Hall–Kier alpha value is -1.58. The first-order valence-electron chi connectivity index (χ1n) is 5.92. The number of rotatable bonds is 3. The highest BCUT2D eigenvalue weighted by atomic mass is 16.7. The molecule has 1 aliphatic rings. The second-order valence-electron chi connectivity index (χ2n) is 4.50. The van der Waals surface area contributed by atoms with Crippen molar-refractivity contribution in [2.24, 2.45) is 0 Å². The highest BCUT2D eigenvalue weighted by Crippen LogP contribution is 2.29. The van der Waals surface area contributed by atoms with Gasteiger partial charge < -0.3 is 40.1 Å². The van der Waals surface area contributed by atoms with Gasteiger partial charge in [-0.15, -0.1) is 0 Å². The van der Waals surface area contributed by atoms with E-state index < -0.39 is 37.3 Å². The molecular formula is C12H16O8. The monoisotopic (exact) mass is 288 g/mol. The molecule has 0 saturated carbocycles. The van der Waals surface area contributed by atoms with Crippen LogP contribution >= 0.6 is 0 Å². The molecule has 112 valence electrons. The highest BCUT2D eigenvalue weighted by Gasteiger charge is 2.45. The van der Waals surface area contributed by atoms with Gasteiger partial charge in [0.25, 0.3) is 0 Å². The van der Waals surface area contributed by atoms with Crippen molar-refractivity contribution in [2.45, 2.75) is 30.7 Å². The van der Waals surface area contributed by atoms with Gasteiger partial charge in [-0.25, -0.2) is 0 Å². The number of hydrogen-bond acceptors (Lipinski definition) is 8. The summed E-state index contributed by atoms with van der Waals surface area (Å²) in [7, 11) is 0. The van der Waals surface area contributed by atoms with Gasteiger partial charge in [0.15, 0.2) is 12.4 Å². The Labute approximate surface area is 114 Å². The van der Waals surface area contributed by atoms with E-state index in [9.17, 15) is 25.5 Å². The third-order valence-corrected chi connectivity index (χ3v) is 2.99. The number of hydrogen-bond donors (Lipinski definition) is 6. The summed E-state index contributed by atoms with van der Waals surface area (Å²) in [6, 6.07) is 3.39. The fourth-order valence-corrected chi connectivity index (χ4v) is 1.99. The van der Waals surface area contributed by atoms with Crippen LogP contribution < -0.4 is 4.74 Å². The molecular weight excluding hydrogens is 272 g/mol. The van der Waals surface area contributed by atoms with Crippen LogP contribution in [-0.4, -0.2) is 68.0 Å². The molecule has 1 fully saturated rings. The standard InChI is InChI=1S/C12H16O8/c13-4-8-9(16)10(17)11(12(18)20-8)19-7-2-5(14)1-6(15)3-7/h1-3,8-18H,4H2/t8-,9+,10+,11-,12+/m1/s1. The Morgan fingerprint density at radius 1 is 1.00 bits per heavy atom. The molecule has 6 N–H and O–H groups in total. The fraction of sp³-hybridized carbons (Fsp3) is 0.500. The average molecular weight is 288 g/mol. The first-order chi connectivity index (χ1) is 9.42. The number of aliphatic hydroxyl groups excluding tert-OH is 4. The fourth-order valence-electron chi connectivity index (χ4n) is 1.99. The molecule has 1 heterocycles. The van der Waals surface area contributed by atoms with Crippen molar-refractivity contribution in [1.29, 1.82) is 0 Å². The third kappa shape index (κ3) is 2.94. The molecule has 0 radical (unpaired) electrons. The Morgan fingerprint density at radius 2 is 1.60 bits per heavy atom. The van der Waals surface area contributed by atoms with Crippen LogP contribution in [0.5, 0.6) is 17.2 Å². The second kappa shape index (κ2) is 5.81. The van der Waals surface area contributed by atoms with Crippen LogP contribution in [0.15, 0.2) is 18.2 Å². The molecule has 1 aromatic carbocycles. The number of aromatic hydroxyl groups is 2. The summed E-state index contributed by atoms with van der Waals surface area (Å²) in [4.78, 5) is 0. The maximum absolute atomic E-state index is 9.86. The summed E-state index contributed by atoms with van der Waals surface area (Å²) < 4.78 is 10.1. The van der Waals surface area contributed by atoms with Gasteiger partial charge in [0, 0.05) is 18.2 Å². The number of benzene rings is 1. The van der Waals surface area contributed by atoms with Crippen molar-refractivity contribution in [3.05, 3.63) is 18.2 Å². The third-order valence-electron chi connectivity index (χ3n) is 2.99. The van der Waals surface area contributed by atoms with E-state index in [4.69, 9.17) is 14.6 Å². The van der Waals surface area contributed by atoms with Crippen LogP contribution in [0, 0.1) is 0 Å². The van der Waals surface area contributed by atoms with Gasteiger partial charge in [-0.3, -0.25) is 0 Å². The minimum absolute atomic E-state index is 0.0242. The van der Waals surface area contributed by atoms with Gasteiger partial charge in [0.2, 0.25) is 0 Å². The lowest BCUT2D eigenvalue weighted by molar-refractivity contribution is -0.280. The number of ether oxygens (including phenoxy) is 2. The van der Waals surface area contributed by atoms with Crippen molar-refractivity contribution in [3.63, 3.8) is 0 Å².